The lowest BCUT2D eigenvalue weighted by Crippen LogP contribution is -2.12. The summed E-state index contributed by atoms with van der Waals surface area (Å²) >= 11 is 5.88. The molecule has 0 spiro atoms. The van der Waals surface area contributed by atoms with Gasteiger partial charge in [-0.3, -0.25) is 4.79 Å². The molecule has 1 aromatic carbocycles. The van der Waals surface area contributed by atoms with Crippen LogP contribution < -0.4 is 0 Å². The molecule has 0 aliphatic rings. The Morgan fingerprint density at radius 3 is 2.60 bits per heavy atom. The summed E-state index contributed by atoms with van der Waals surface area (Å²) < 4.78 is 56.0. The van der Waals surface area contributed by atoms with Gasteiger partial charge in [0.05, 0.1) is 17.5 Å². The monoisotopic (exact) mass is 312 g/mol. The van der Waals surface area contributed by atoms with Gasteiger partial charge in [-0.1, -0.05) is 6.07 Å². The maximum Gasteiger partial charge on any atom is 0.416 e. The van der Waals surface area contributed by atoms with Crippen LogP contribution in [0.1, 0.15) is 36.3 Å². The molecule has 0 fully saturated rings. The summed E-state index contributed by atoms with van der Waals surface area (Å²) in [6.45, 7) is 1.81. The first-order chi connectivity index (χ1) is 9.25. The molecule has 0 amide bonds. The SMILES string of the molecule is CCOC(=O)CCC(Cl)c1ccc(F)cc1C(F)(F)F. The Morgan fingerprint density at radius 2 is 2.05 bits per heavy atom. The first-order valence-electron chi connectivity index (χ1n) is 5.92. The first kappa shape index (κ1) is 16.8. The molecule has 0 N–H and O–H groups in total. The van der Waals surface area contributed by atoms with E-state index in [1.54, 1.807) is 6.92 Å². The van der Waals surface area contributed by atoms with Gasteiger partial charge in [0, 0.05) is 6.42 Å². The predicted octanol–water partition coefficient (Wildman–Crippen LogP) is 4.47. The highest BCUT2D eigenvalue weighted by Gasteiger charge is 2.35. The smallest absolute Gasteiger partial charge is 0.416 e. The molecule has 0 aromatic heterocycles. The van der Waals surface area contributed by atoms with Crippen molar-refractivity contribution >= 4 is 17.6 Å². The number of halogens is 5. The molecule has 0 saturated carbocycles. The van der Waals surface area contributed by atoms with Gasteiger partial charge in [0.25, 0.3) is 0 Å². The Bertz CT molecular complexity index is 474. The van der Waals surface area contributed by atoms with E-state index in [0.29, 0.717) is 6.07 Å². The second-order valence-electron chi connectivity index (χ2n) is 4.04. The van der Waals surface area contributed by atoms with Gasteiger partial charge < -0.3 is 4.74 Å². The van der Waals surface area contributed by atoms with Gasteiger partial charge in [0.2, 0.25) is 0 Å². The van der Waals surface area contributed by atoms with Crippen molar-refractivity contribution in [2.24, 2.45) is 0 Å². The van der Waals surface area contributed by atoms with Crippen LogP contribution in [0.3, 0.4) is 0 Å². The van der Waals surface area contributed by atoms with Crippen molar-refractivity contribution in [3.63, 3.8) is 0 Å². The van der Waals surface area contributed by atoms with Crippen LogP contribution >= 0.6 is 11.6 Å². The van der Waals surface area contributed by atoms with Gasteiger partial charge in [-0.15, -0.1) is 11.6 Å². The summed E-state index contributed by atoms with van der Waals surface area (Å²) in [5.41, 5.74) is -1.37. The molecule has 20 heavy (non-hydrogen) atoms. The minimum atomic E-state index is -4.70. The van der Waals surface area contributed by atoms with Crippen LogP contribution in [0.2, 0.25) is 0 Å². The average molecular weight is 313 g/mol. The highest BCUT2D eigenvalue weighted by molar-refractivity contribution is 6.21. The molecule has 1 unspecified atom stereocenters. The Balaban J connectivity index is 2.87. The zero-order valence-corrected chi connectivity index (χ0v) is 11.4. The van der Waals surface area contributed by atoms with E-state index in [9.17, 15) is 22.4 Å². The van der Waals surface area contributed by atoms with Crippen LogP contribution in [0, 0.1) is 5.82 Å². The molecule has 0 aliphatic carbocycles. The van der Waals surface area contributed by atoms with E-state index >= 15 is 0 Å². The summed E-state index contributed by atoms with van der Waals surface area (Å²) in [6.07, 6.45) is -4.82. The van der Waals surface area contributed by atoms with Crippen LogP contribution in [-0.4, -0.2) is 12.6 Å². The van der Waals surface area contributed by atoms with Gasteiger partial charge >= 0.3 is 12.1 Å². The minimum Gasteiger partial charge on any atom is -0.466 e. The molecule has 7 heteroatoms. The van der Waals surface area contributed by atoms with Crippen LogP contribution in [0.15, 0.2) is 18.2 Å². The maximum absolute atomic E-state index is 12.9. The van der Waals surface area contributed by atoms with Gasteiger partial charge in [-0.2, -0.15) is 13.2 Å². The molecule has 0 saturated heterocycles. The highest BCUT2D eigenvalue weighted by Crippen LogP contribution is 2.38. The Labute approximate surface area is 118 Å². The number of carbonyl (C=O) groups excluding carboxylic acids is 1. The van der Waals surface area contributed by atoms with Crippen LogP contribution in [0.4, 0.5) is 17.6 Å². The van der Waals surface area contributed by atoms with E-state index in [1.165, 1.54) is 0 Å². The molecule has 1 rings (SSSR count). The molecule has 0 radical (unpaired) electrons. The molecule has 1 atom stereocenters. The summed E-state index contributed by atoms with van der Waals surface area (Å²) in [5.74, 6) is -1.52. The van der Waals surface area contributed by atoms with Crippen molar-refractivity contribution in [2.75, 3.05) is 6.61 Å². The fourth-order valence-electron chi connectivity index (χ4n) is 1.68. The number of ether oxygens (including phenoxy) is 1. The normalized spacial score (nSPS) is 13.1. The van der Waals surface area contributed by atoms with E-state index in [4.69, 9.17) is 11.6 Å². The van der Waals surface area contributed by atoms with E-state index < -0.39 is 28.9 Å². The second kappa shape index (κ2) is 6.92. The number of carbonyl (C=O) groups is 1. The molecular weight excluding hydrogens is 300 g/mol. The lowest BCUT2D eigenvalue weighted by atomic mass is 10.0. The van der Waals surface area contributed by atoms with Gasteiger partial charge in [0.1, 0.15) is 5.82 Å². The fourth-order valence-corrected chi connectivity index (χ4v) is 1.98. The van der Waals surface area contributed by atoms with Crippen molar-refractivity contribution in [3.05, 3.63) is 35.1 Å². The maximum atomic E-state index is 12.9. The standard InChI is InChI=1S/C13H13ClF4O2/c1-2-20-12(19)6-5-11(14)9-4-3-8(15)7-10(9)13(16,17)18/h3-4,7,11H,2,5-6H2,1H3. The third kappa shape index (κ3) is 4.67. The van der Waals surface area contributed by atoms with Crippen molar-refractivity contribution in [2.45, 2.75) is 31.3 Å². The van der Waals surface area contributed by atoms with Crippen LogP contribution in [0.5, 0.6) is 0 Å². The Morgan fingerprint density at radius 1 is 1.40 bits per heavy atom. The second-order valence-corrected chi connectivity index (χ2v) is 4.57. The summed E-state index contributed by atoms with van der Waals surface area (Å²) in [7, 11) is 0. The third-order valence-corrected chi connectivity index (χ3v) is 3.02. The topological polar surface area (TPSA) is 26.3 Å². The van der Waals surface area contributed by atoms with Gasteiger partial charge in [-0.05, 0) is 31.0 Å². The van der Waals surface area contributed by atoms with Crippen LogP contribution in [-0.2, 0) is 15.7 Å². The number of hydrogen-bond donors (Lipinski definition) is 0. The number of hydrogen-bond acceptors (Lipinski definition) is 2. The van der Waals surface area contributed by atoms with E-state index in [1.807, 2.05) is 0 Å². The molecular formula is C13H13ClF4O2. The van der Waals surface area contributed by atoms with Crippen molar-refractivity contribution in [1.82, 2.24) is 0 Å². The first-order valence-corrected chi connectivity index (χ1v) is 6.35. The summed E-state index contributed by atoms with van der Waals surface area (Å²) in [6, 6.07) is 2.29. The summed E-state index contributed by atoms with van der Waals surface area (Å²) in [4.78, 5) is 11.2. The summed E-state index contributed by atoms with van der Waals surface area (Å²) in [5, 5.41) is -1.04. The molecule has 0 bridgehead atoms. The highest BCUT2D eigenvalue weighted by atomic mass is 35.5. The molecule has 0 heterocycles. The van der Waals surface area contributed by atoms with Crippen molar-refractivity contribution in [3.8, 4) is 0 Å². The van der Waals surface area contributed by atoms with Crippen molar-refractivity contribution < 1.29 is 27.1 Å². The predicted molar refractivity (Wildman–Crippen MR) is 65.9 cm³/mol. The quantitative estimate of drug-likeness (QED) is 0.455. The van der Waals surface area contributed by atoms with E-state index in [0.717, 1.165) is 12.1 Å². The Hall–Kier alpha value is -1.30. The molecule has 1 aromatic rings. The largest absolute Gasteiger partial charge is 0.466 e. The third-order valence-electron chi connectivity index (χ3n) is 2.57. The minimum absolute atomic E-state index is 0.0187. The lowest BCUT2D eigenvalue weighted by Gasteiger charge is -2.16. The van der Waals surface area contributed by atoms with E-state index in [2.05, 4.69) is 4.74 Å². The number of esters is 1. The molecule has 0 aliphatic heterocycles. The zero-order chi connectivity index (χ0) is 15.3. The zero-order valence-electron chi connectivity index (χ0n) is 10.6. The van der Waals surface area contributed by atoms with Crippen LogP contribution in [0.25, 0.3) is 0 Å². The fraction of sp³-hybridized carbons (Fsp3) is 0.462. The number of alkyl halides is 4. The molecule has 2 nitrogen and oxygen atoms in total. The average Bonchev–Trinajstić information content (AvgIpc) is 2.35. The molecule has 112 valence electrons. The number of benzene rings is 1. The number of rotatable bonds is 5. The van der Waals surface area contributed by atoms with Gasteiger partial charge in [-0.25, -0.2) is 4.39 Å². The van der Waals surface area contributed by atoms with Gasteiger partial charge in [0.15, 0.2) is 0 Å². The van der Waals surface area contributed by atoms with Crippen molar-refractivity contribution in [1.29, 1.82) is 0 Å². The van der Waals surface area contributed by atoms with E-state index in [-0.39, 0.29) is 25.0 Å². The lowest BCUT2D eigenvalue weighted by molar-refractivity contribution is -0.143. The Kier molecular flexibility index (Phi) is 5.80.